The third-order valence-corrected chi connectivity index (χ3v) is 5.03. The van der Waals surface area contributed by atoms with Gasteiger partial charge in [0.05, 0.1) is 6.04 Å². The lowest BCUT2D eigenvalue weighted by molar-refractivity contribution is 0.0914. The molecular weight excluding hydrogens is 322 g/mol. The summed E-state index contributed by atoms with van der Waals surface area (Å²) in [7, 11) is 0. The van der Waals surface area contributed by atoms with Crippen LogP contribution >= 0.6 is 0 Å². The minimum absolute atomic E-state index is 0.0910. The van der Waals surface area contributed by atoms with Crippen LogP contribution in [0.25, 0.3) is 21.7 Å². The van der Waals surface area contributed by atoms with Gasteiger partial charge in [-0.2, -0.15) is 0 Å². The van der Waals surface area contributed by atoms with Crippen LogP contribution in [0.4, 0.5) is 0 Å². The lowest BCUT2D eigenvalue weighted by Gasteiger charge is -2.14. The lowest BCUT2D eigenvalue weighted by Crippen LogP contribution is -2.26. The second-order valence-corrected chi connectivity index (χ2v) is 6.85. The number of rotatable bonds is 3. The molecule has 0 fully saturated rings. The molecule has 130 valence electrons. The van der Waals surface area contributed by atoms with E-state index in [1.807, 2.05) is 43.3 Å². The Morgan fingerprint density at radius 3 is 2.54 bits per heavy atom. The van der Waals surface area contributed by atoms with Crippen molar-refractivity contribution in [3.8, 4) is 0 Å². The zero-order valence-corrected chi connectivity index (χ0v) is 15.2. The maximum atomic E-state index is 12.7. The highest BCUT2D eigenvalue weighted by molar-refractivity contribution is 6.08. The van der Waals surface area contributed by atoms with Gasteiger partial charge in [-0.05, 0) is 60.4 Å². The fourth-order valence-corrected chi connectivity index (χ4v) is 3.29. The molecule has 1 heterocycles. The highest BCUT2D eigenvalue weighted by Crippen LogP contribution is 2.28. The summed E-state index contributed by atoms with van der Waals surface area (Å²) in [5.74, 6) is 0.142. The Balaban J connectivity index is 1.63. The first-order valence-corrected chi connectivity index (χ1v) is 8.82. The van der Waals surface area contributed by atoms with E-state index in [1.165, 1.54) is 11.1 Å². The molecule has 3 aromatic carbocycles. The lowest BCUT2D eigenvalue weighted by atomic mass is 10.0. The molecule has 0 aliphatic carbocycles. The van der Waals surface area contributed by atoms with Crippen molar-refractivity contribution in [3.05, 3.63) is 83.1 Å². The van der Waals surface area contributed by atoms with Gasteiger partial charge in [0.1, 0.15) is 5.58 Å². The van der Waals surface area contributed by atoms with E-state index in [1.54, 1.807) is 0 Å². The third kappa shape index (κ3) is 2.86. The Morgan fingerprint density at radius 1 is 0.923 bits per heavy atom. The molecule has 0 aliphatic heterocycles. The monoisotopic (exact) mass is 343 g/mol. The zero-order valence-electron chi connectivity index (χ0n) is 15.2. The quantitative estimate of drug-likeness (QED) is 0.519. The third-order valence-electron chi connectivity index (χ3n) is 5.03. The Morgan fingerprint density at radius 2 is 1.73 bits per heavy atom. The molecule has 1 unspecified atom stereocenters. The molecule has 1 atom stereocenters. The van der Waals surface area contributed by atoms with E-state index in [0.717, 1.165) is 27.3 Å². The van der Waals surface area contributed by atoms with Crippen LogP contribution in [0.2, 0.25) is 0 Å². The summed E-state index contributed by atoms with van der Waals surface area (Å²) in [6, 6.07) is 20.0. The van der Waals surface area contributed by atoms with Gasteiger partial charge in [-0.1, -0.05) is 48.5 Å². The van der Waals surface area contributed by atoms with Crippen LogP contribution in [0.1, 0.15) is 40.2 Å². The van der Waals surface area contributed by atoms with Crippen molar-refractivity contribution in [1.82, 2.24) is 5.32 Å². The van der Waals surface area contributed by atoms with E-state index in [2.05, 4.69) is 43.4 Å². The van der Waals surface area contributed by atoms with Crippen LogP contribution in [0, 0.1) is 13.8 Å². The summed E-state index contributed by atoms with van der Waals surface area (Å²) in [6.07, 6.45) is 0. The van der Waals surface area contributed by atoms with Gasteiger partial charge in [0.2, 0.25) is 0 Å². The minimum Gasteiger partial charge on any atom is -0.451 e. The molecule has 3 heteroatoms. The first-order valence-electron chi connectivity index (χ1n) is 8.82. The number of furan rings is 1. The summed E-state index contributed by atoms with van der Waals surface area (Å²) >= 11 is 0. The second kappa shape index (κ2) is 6.34. The smallest absolute Gasteiger partial charge is 0.287 e. The van der Waals surface area contributed by atoms with Gasteiger partial charge in [0, 0.05) is 5.39 Å². The van der Waals surface area contributed by atoms with Crippen LogP contribution in [-0.2, 0) is 0 Å². The summed E-state index contributed by atoms with van der Waals surface area (Å²) in [4.78, 5) is 12.7. The predicted octanol–water partition coefficient (Wildman–Crippen LogP) is 5.69. The first kappa shape index (κ1) is 16.4. The van der Waals surface area contributed by atoms with Gasteiger partial charge in [-0.25, -0.2) is 0 Å². The highest BCUT2D eigenvalue weighted by atomic mass is 16.3. The minimum atomic E-state index is -0.198. The Kier molecular flexibility index (Phi) is 4.00. The van der Waals surface area contributed by atoms with E-state index in [0.29, 0.717) is 5.76 Å². The largest absolute Gasteiger partial charge is 0.451 e. The maximum absolute atomic E-state index is 12.7. The molecule has 4 rings (SSSR count). The number of hydrogen-bond donors (Lipinski definition) is 1. The Hall–Kier alpha value is -3.07. The van der Waals surface area contributed by atoms with Crippen molar-refractivity contribution < 1.29 is 9.21 Å². The van der Waals surface area contributed by atoms with E-state index in [9.17, 15) is 4.79 Å². The summed E-state index contributed by atoms with van der Waals surface area (Å²) in [5, 5.41) is 6.23. The number of amides is 1. The standard InChI is InChI=1S/C23H21NO2/c1-14-8-9-18(12-15(14)2)16(3)24-23(25)22-13-20-19-7-5-4-6-17(19)10-11-21(20)26-22/h4-13,16H,1-3H3,(H,24,25). The average Bonchev–Trinajstić information content (AvgIpc) is 3.09. The number of hydrogen-bond acceptors (Lipinski definition) is 2. The molecule has 1 amide bonds. The topological polar surface area (TPSA) is 42.2 Å². The molecule has 0 radical (unpaired) electrons. The fourth-order valence-electron chi connectivity index (χ4n) is 3.29. The van der Waals surface area contributed by atoms with Gasteiger partial charge >= 0.3 is 0 Å². The predicted molar refractivity (Wildman–Crippen MR) is 106 cm³/mol. The van der Waals surface area contributed by atoms with Crippen LogP contribution < -0.4 is 5.32 Å². The number of nitrogens with one attached hydrogen (secondary N) is 1. The zero-order chi connectivity index (χ0) is 18.3. The molecule has 0 saturated heterocycles. The average molecular weight is 343 g/mol. The van der Waals surface area contributed by atoms with Crippen LogP contribution in [0.3, 0.4) is 0 Å². The number of benzene rings is 3. The molecule has 1 aromatic heterocycles. The van der Waals surface area contributed by atoms with Crippen LogP contribution in [0.15, 0.2) is 65.1 Å². The number of carbonyl (C=O) groups is 1. The normalized spacial score (nSPS) is 12.4. The summed E-state index contributed by atoms with van der Waals surface area (Å²) < 4.78 is 5.81. The maximum Gasteiger partial charge on any atom is 0.287 e. The molecule has 0 spiro atoms. The fraction of sp³-hybridized carbons (Fsp3) is 0.174. The molecule has 4 aromatic rings. The number of carbonyl (C=O) groups excluding carboxylic acids is 1. The van der Waals surface area contributed by atoms with Gasteiger partial charge in [-0.15, -0.1) is 0 Å². The van der Waals surface area contributed by atoms with Crippen molar-refractivity contribution >= 4 is 27.6 Å². The van der Waals surface area contributed by atoms with Gasteiger partial charge in [0.25, 0.3) is 5.91 Å². The van der Waals surface area contributed by atoms with E-state index < -0.39 is 0 Å². The van der Waals surface area contributed by atoms with Crippen molar-refractivity contribution in [3.63, 3.8) is 0 Å². The van der Waals surface area contributed by atoms with Crippen molar-refractivity contribution in [2.45, 2.75) is 26.8 Å². The SMILES string of the molecule is Cc1ccc(C(C)NC(=O)c2cc3c(ccc4ccccc43)o2)cc1C. The number of fused-ring (bicyclic) bond motifs is 3. The molecule has 0 bridgehead atoms. The van der Waals surface area contributed by atoms with Crippen molar-refractivity contribution in [2.75, 3.05) is 0 Å². The molecular formula is C23H21NO2. The van der Waals surface area contributed by atoms with Gasteiger partial charge in [-0.3, -0.25) is 4.79 Å². The van der Waals surface area contributed by atoms with E-state index >= 15 is 0 Å². The highest BCUT2D eigenvalue weighted by Gasteiger charge is 2.17. The van der Waals surface area contributed by atoms with E-state index in [4.69, 9.17) is 4.42 Å². The van der Waals surface area contributed by atoms with Crippen molar-refractivity contribution in [1.29, 1.82) is 0 Å². The molecule has 26 heavy (non-hydrogen) atoms. The molecule has 0 aliphatic rings. The van der Waals surface area contributed by atoms with Crippen molar-refractivity contribution in [2.24, 2.45) is 0 Å². The van der Waals surface area contributed by atoms with E-state index in [-0.39, 0.29) is 11.9 Å². The Labute approximate surface area is 152 Å². The summed E-state index contributed by atoms with van der Waals surface area (Å²) in [5.41, 5.74) is 4.28. The Bertz CT molecular complexity index is 1120. The summed E-state index contributed by atoms with van der Waals surface area (Å²) in [6.45, 7) is 6.15. The van der Waals surface area contributed by atoms with Crippen LogP contribution in [0.5, 0.6) is 0 Å². The van der Waals surface area contributed by atoms with Gasteiger partial charge in [0.15, 0.2) is 5.76 Å². The molecule has 0 saturated carbocycles. The molecule has 3 nitrogen and oxygen atoms in total. The van der Waals surface area contributed by atoms with Gasteiger partial charge < -0.3 is 9.73 Å². The second-order valence-electron chi connectivity index (χ2n) is 6.85. The first-order chi connectivity index (χ1) is 12.5. The number of aryl methyl sites for hydroxylation is 2. The molecule has 1 N–H and O–H groups in total. The van der Waals surface area contributed by atoms with Crippen LogP contribution in [-0.4, -0.2) is 5.91 Å².